The lowest BCUT2D eigenvalue weighted by molar-refractivity contribution is 0.0686. The van der Waals surface area contributed by atoms with Crippen molar-refractivity contribution >= 4 is 35.1 Å². The summed E-state index contributed by atoms with van der Waals surface area (Å²) in [5, 5.41) is 52.9. The fraction of sp³-hybridized carbons (Fsp3) is 0.0909. The smallest absolute Gasteiger partial charge is 0.337 e. The third-order valence-corrected chi connectivity index (χ3v) is 7.57. The van der Waals surface area contributed by atoms with E-state index in [0.717, 1.165) is 24.3 Å². The van der Waals surface area contributed by atoms with Gasteiger partial charge in [0, 0.05) is 12.4 Å². The van der Waals surface area contributed by atoms with Crippen molar-refractivity contribution in [3.63, 3.8) is 0 Å². The number of hydrogen-bond donors (Lipinski definition) is 6. The van der Waals surface area contributed by atoms with Crippen LogP contribution in [0.5, 0.6) is 0 Å². The maximum absolute atomic E-state index is 15.0. The second kappa shape index (κ2) is 14.5. The Kier molecular flexibility index (Phi) is 9.56. The van der Waals surface area contributed by atoms with Gasteiger partial charge in [0.15, 0.2) is 11.4 Å². The molecule has 0 spiro atoms. The van der Waals surface area contributed by atoms with Crippen molar-refractivity contribution in [2.45, 2.75) is 19.3 Å². The summed E-state index contributed by atoms with van der Waals surface area (Å²) in [6.07, 6.45) is 3.07. The molecule has 0 saturated carbocycles. The van der Waals surface area contributed by atoms with Crippen molar-refractivity contribution in [2.75, 3.05) is 10.6 Å². The molecule has 51 heavy (non-hydrogen) atoms. The molecular weight excluding hydrogens is 670 g/mol. The first kappa shape index (κ1) is 33.7. The highest BCUT2D eigenvalue weighted by Gasteiger charge is 2.21. The number of aromatic amines is 2. The predicted octanol–water partition coefficient (Wildman–Crippen LogP) is 4.40. The minimum Gasteiger partial charge on any atom is -0.478 e. The highest BCUT2D eigenvalue weighted by molar-refractivity contribution is 6.07. The van der Waals surface area contributed by atoms with E-state index >= 15 is 8.78 Å². The molecule has 0 aliphatic carbocycles. The first-order valence-corrected chi connectivity index (χ1v) is 15.0. The van der Waals surface area contributed by atoms with Crippen LogP contribution in [-0.2, 0) is 12.8 Å². The van der Waals surface area contributed by atoms with Gasteiger partial charge in [0.05, 0.1) is 33.9 Å². The maximum atomic E-state index is 15.0. The number of halogens is 2. The van der Waals surface area contributed by atoms with Crippen LogP contribution >= 0.6 is 0 Å². The van der Waals surface area contributed by atoms with Gasteiger partial charge in [-0.3, -0.25) is 19.8 Å². The summed E-state index contributed by atoms with van der Waals surface area (Å²) in [7, 11) is 0. The Balaban J connectivity index is 1.16. The van der Waals surface area contributed by atoms with Crippen LogP contribution in [0.2, 0.25) is 0 Å². The summed E-state index contributed by atoms with van der Waals surface area (Å²) in [6.45, 7) is 0. The number of anilines is 2. The summed E-state index contributed by atoms with van der Waals surface area (Å²) < 4.78 is 30.1. The van der Waals surface area contributed by atoms with Crippen LogP contribution in [0.4, 0.5) is 20.2 Å². The number of carbonyl (C=O) groups excluding carboxylic acids is 2. The van der Waals surface area contributed by atoms with Gasteiger partial charge in [0.1, 0.15) is 23.0 Å². The lowest BCUT2D eigenvalue weighted by atomic mass is 9.99. The molecule has 0 aliphatic heterocycles. The zero-order valence-electron chi connectivity index (χ0n) is 26.0. The van der Waals surface area contributed by atoms with E-state index in [-0.39, 0.29) is 53.2 Å². The standard InChI is InChI=1S/C33H24F2N10O6/c34-20-14-18(32(48)49)28(38-30(46)26-6-4-22(42-44-26)24-8-10-36-40-24)12-16(20)2-1-3-17-13-29(19(33(50)51)15-21(17)35)39-31(47)27-7-5-23(43-45-27)25-9-11-37-41-25/h4-15H,1-3H2,(H,36,40)(H,37,41)(H,38,46)(H,39,47)(H,48,49)(H,50,51). The number of carboxylic acids is 2. The second-order valence-corrected chi connectivity index (χ2v) is 10.9. The normalized spacial score (nSPS) is 10.9. The van der Waals surface area contributed by atoms with Crippen molar-refractivity contribution in [1.82, 2.24) is 40.8 Å². The van der Waals surface area contributed by atoms with E-state index < -0.39 is 46.5 Å². The molecule has 4 heterocycles. The molecule has 256 valence electrons. The Morgan fingerprint density at radius 3 is 1.37 bits per heavy atom. The molecule has 6 aromatic rings. The molecule has 0 aliphatic rings. The zero-order valence-corrected chi connectivity index (χ0v) is 26.0. The van der Waals surface area contributed by atoms with Crippen molar-refractivity contribution in [3.05, 3.63) is 118 Å². The van der Waals surface area contributed by atoms with Gasteiger partial charge in [-0.25, -0.2) is 18.4 Å². The van der Waals surface area contributed by atoms with E-state index in [9.17, 15) is 29.4 Å². The van der Waals surface area contributed by atoms with Gasteiger partial charge in [-0.1, -0.05) is 0 Å². The minimum atomic E-state index is -1.49. The fourth-order valence-corrected chi connectivity index (χ4v) is 5.01. The molecule has 16 nitrogen and oxygen atoms in total. The van der Waals surface area contributed by atoms with Crippen molar-refractivity contribution < 1.29 is 38.2 Å². The molecule has 6 rings (SSSR count). The van der Waals surface area contributed by atoms with Crippen LogP contribution in [0.25, 0.3) is 22.8 Å². The van der Waals surface area contributed by atoms with Gasteiger partial charge in [0.25, 0.3) is 11.8 Å². The van der Waals surface area contributed by atoms with Crippen LogP contribution in [0.15, 0.2) is 73.1 Å². The van der Waals surface area contributed by atoms with E-state index in [1.165, 1.54) is 36.7 Å². The first-order valence-electron chi connectivity index (χ1n) is 15.0. The molecule has 2 amide bonds. The summed E-state index contributed by atoms with van der Waals surface area (Å²) in [6, 6.07) is 12.9. The van der Waals surface area contributed by atoms with Gasteiger partial charge in [-0.15, -0.1) is 20.4 Å². The van der Waals surface area contributed by atoms with E-state index in [1.807, 2.05) is 0 Å². The third-order valence-electron chi connectivity index (χ3n) is 7.57. The Labute approximate surface area is 285 Å². The van der Waals surface area contributed by atoms with Crippen LogP contribution in [0.3, 0.4) is 0 Å². The third kappa shape index (κ3) is 7.59. The lowest BCUT2D eigenvalue weighted by Gasteiger charge is -2.13. The van der Waals surface area contributed by atoms with Gasteiger partial charge in [-0.2, -0.15) is 10.2 Å². The van der Waals surface area contributed by atoms with Gasteiger partial charge in [0.2, 0.25) is 0 Å². The van der Waals surface area contributed by atoms with Crippen LogP contribution in [-0.4, -0.2) is 74.8 Å². The number of hydrogen-bond acceptors (Lipinski definition) is 10. The Morgan fingerprint density at radius 1 is 0.608 bits per heavy atom. The number of aromatic nitrogens is 8. The number of H-pyrrole nitrogens is 2. The lowest BCUT2D eigenvalue weighted by Crippen LogP contribution is -2.18. The summed E-state index contributed by atoms with van der Waals surface area (Å²) in [4.78, 5) is 49.6. The van der Waals surface area contributed by atoms with Gasteiger partial charge in [-0.05, 0) is 91.1 Å². The number of benzene rings is 2. The zero-order chi connectivity index (χ0) is 36.1. The SMILES string of the molecule is O=C(Nc1cc(CCCc2cc(NC(=O)c3ccc(-c4ccn[nH]4)nn3)c(C(=O)O)cc2F)c(F)cc1C(=O)O)c1ccc(-c2ccn[nH]2)nn1. The van der Waals surface area contributed by atoms with Crippen molar-refractivity contribution in [1.29, 1.82) is 0 Å². The summed E-state index contributed by atoms with van der Waals surface area (Å²) >= 11 is 0. The number of nitrogens with zero attached hydrogens (tertiary/aromatic N) is 6. The Morgan fingerprint density at radius 2 is 1.04 bits per heavy atom. The number of amides is 2. The maximum Gasteiger partial charge on any atom is 0.337 e. The highest BCUT2D eigenvalue weighted by atomic mass is 19.1. The highest BCUT2D eigenvalue weighted by Crippen LogP contribution is 2.26. The molecule has 6 N–H and O–H groups in total. The summed E-state index contributed by atoms with van der Waals surface area (Å²) in [5.41, 5.74) is 0.280. The van der Waals surface area contributed by atoms with Crippen molar-refractivity contribution in [3.8, 4) is 22.8 Å². The van der Waals surface area contributed by atoms with Gasteiger partial charge < -0.3 is 20.8 Å². The quantitative estimate of drug-likeness (QED) is 0.104. The Bertz CT molecular complexity index is 2090. The first-order chi connectivity index (χ1) is 24.6. The molecule has 0 fully saturated rings. The van der Waals surface area contributed by atoms with Crippen molar-refractivity contribution in [2.24, 2.45) is 0 Å². The van der Waals surface area contributed by atoms with Crippen LogP contribution in [0, 0.1) is 11.6 Å². The molecule has 0 radical (unpaired) electrons. The average Bonchev–Trinajstić information content (AvgIpc) is 3.86. The average molecular weight is 695 g/mol. The molecule has 4 aromatic heterocycles. The molecule has 2 aromatic carbocycles. The largest absolute Gasteiger partial charge is 0.478 e. The number of aromatic carboxylic acids is 2. The van der Waals surface area contributed by atoms with E-state index in [1.54, 1.807) is 12.1 Å². The van der Waals surface area contributed by atoms with E-state index in [2.05, 4.69) is 51.4 Å². The number of rotatable bonds is 12. The minimum absolute atomic E-state index is 0.0178. The van der Waals surface area contributed by atoms with Gasteiger partial charge >= 0.3 is 11.9 Å². The van der Waals surface area contributed by atoms with Crippen LogP contribution in [0.1, 0.15) is 59.2 Å². The number of carboxylic acid groups (broad SMARTS) is 2. The van der Waals surface area contributed by atoms with Crippen LogP contribution < -0.4 is 10.6 Å². The molecule has 18 heteroatoms. The number of nitrogens with one attached hydrogen (secondary N) is 4. The van der Waals surface area contributed by atoms with E-state index in [4.69, 9.17) is 0 Å². The molecular formula is C33H24F2N10O6. The topological polar surface area (TPSA) is 242 Å². The monoisotopic (exact) mass is 694 g/mol. The molecule has 0 atom stereocenters. The Hall–Kier alpha value is -7.24. The van der Waals surface area contributed by atoms with E-state index in [0.29, 0.717) is 22.8 Å². The second-order valence-electron chi connectivity index (χ2n) is 10.9. The number of carbonyl (C=O) groups is 4. The predicted molar refractivity (Wildman–Crippen MR) is 174 cm³/mol. The number of aryl methyl sites for hydroxylation is 2. The fourth-order valence-electron chi connectivity index (χ4n) is 5.01. The molecule has 0 unspecified atom stereocenters. The molecule has 0 bridgehead atoms. The summed E-state index contributed by atoms with van der Waals surface area (Å²) in [5.74, 6) is -6.33. The molecule has 0 saturated heterocycles.